The van der Waals surface area contributed by atoms with Crippen LogP contribution in [0.1, 0.15) is 20.8 Å². The van der Waals surface area contributed by atoms with E-state index >= 15 is 0 Å². The molecule has 5 nitrogen and oxygen atoms in total. The number of pyridine rings is 1. The Balaban J connectivity index is 3.05. The fourth-order valence-corrected chi connectivity index (χ4v) is 1.17. The van der Waals surface area contributed by atoms with Gasteiger partial charge >= 0.3 is 5.97 Å². The molecule has 0 N–H and O–H groups in total. The second-order valence-corrected chi connectivity index (χ2v) is 3.53. The normalized spacial score (nSPS) is 10.3. The molecule has 1 rings (SSSR count). The van der Waals surface area contributed by atoms with Crippen LogP contribution in [0.5, 0.6) is 0 Å². The first-order valence-electron chi connectivity index (χ1n) is 4.98. The van der Waals surface area contributed by atoms with Crippen molar-refractivity contribution in [3.63, 3.8) is 0 Å². The summed E-state index contributed by atoms with van der Waals surface area (Å²) in [5.74, 6) is -0.903. The predicted octanol–water partition coefficient (Wildman–Crippen LogP) is 1.13. The van der Waals surface area contributed by atoms with Crippen molar-refractivity contribution in [2.24, 2.45) is 0 Å². The van der Waals surface area contributed by atoms with Gasteiger partial charge in [-0.15, -0.1) is 0 Å². The second kappa shape index (κ2) is 5.79. The Kier molecular flexibility index (Phi) is 4.39. The summed E-state index contributed by atoms with van der Waals surface area (Å²) in [6.07, 6.45) is 4.41. The molecule has 0 unspecified atom stereocenters. The van der Waals surface area contributed by atoms with E-state index in [9.17, 15) is 9.59 Å². The molecule has 0 atom stereocenters. The Hall–Kier alpha value is -2.17. The molecule has 0 aliphatic rings. The fraction of sp³-hybridized carbons (Fsp3) is 0.250. The van der Waals surface area contributed by atoms with Gasteiger partial charge < -0.3 is 9.64 Å². The lowest BCUT2D eigenvalue weighted by atomic mass is 10.1. The Labute approximate surface area is 99.7 Å². The molecular formula is C12H14N2O3. The highest BCUT2D eigenvalue weighted by atomic mass is 16.5. The molecule has 1 heterocycles. The van der Waals surface area contributed by atoms with Crippen molar-refractivity contribution in [3.8, 4) is 0 Å². The van der Waals surface area contributed by atoms with Crippen LogP contribution in [-0.4, -0.2) is 42.8 Å². The van der Waals surface area contributed by atoms with Crippen molar-refractivity contribution in [3.05, 3.63) is 41.9 Å². The summed E-state index contributed by atoms with van der Waals surface area (Å²) < 4.78 is 4.59. The Morgan fingerprint density at radius 3 is 2.71 bits per heavy atom. The average Bonchev–Trinajstić information content (AvgIpc) is 2.34. The zero-order valence-electron chi connectivity index (χ0n) is 10.0. The minimum absolute atomic E-state index is 0.0949. The number of carbonyl (C=O) groups is 2. The highest BCUT2D eigenvalue weighted by molar-refractivity contribution is 6.09. The molecule has 0 spiro atoms. The van der Waals surface area contributed by atoms with Gasteiger partial charge in [-0.3, -0.25) is 9.78 Å². The zero-order valence-corrected chi connectivity index (χ0v) is 10.0. The van der Waals surface area contributed by atoms with Gasteiger partial charge in [-0.1, -0.05) is 0 Å². The zero-order chi connectivity index (χ0) is 12.8. The van der Waals surface area contributed by atoms with Crippen LogP contribution < -0.4 is 0 Å². The maximum absolute atomic E-state index is 11.8. The van der Waals surface area contributed by atoms with Crippen LogP contribution in [0.4, 0.5) is 0 Å². The molecule has 5 heteroatoms. The number of hydrogen-bond acceptors (Lipinski definition) is 5. The summed E-state index contributed by atoms with van der Waals surface area (Å²) in [5.41, 5.74) is 0.265. The van der Waals surface area contributed by atoms with E-state index < -0.39 is 5.97 Å². The lowest BCUT2D eigenvalue weighted by molar-refractivity contribution is 0.0597. The van der Waals surface area contributed by atoms with Crippen molar-refractivity contribution in [1.29, 1.82) is 0 Å². The van der Waals surface area contributed by atoms with Crippen molar-refractivity contribution < 1.29 is 14.3 Å². The number of rotatable bonds is 4. The van der Waals surface area contributed by atoms with Crippen LogP contribution in [0.15, 0.2) is 30.6 Å². The smallest absolute Gasteiger partial charge is 0.340 e. The molecule has 0 fully saturated rings. The highest BCUT2D eigenvalue weighted by Crippen LogP contribution is 2.08. The van der Waals surface area contributed by atoms with Crippen LogP contribution in [0.25, 0.3) is 0 Å². The van der Waals surface area contributed by atoms with Gasteiger partial charge in [0.2, 0.25) is 5.78 Å². The number of ketones is 1. The number of methoxy groups -OCH3 is 1. The van der Waals surface area contributed by atoms with Crippen LogP contribution in [0.2, 0.25) is 0 Å². The number of hydrogen-bond donors (Lipinski definition) is 0. The topological polar surface area (TPSA) is 59.5 Å². The van der Waals surface area contributed by atoms with Gasteiger partial charge in [-0.05, 0) is 12.1 Å². The number of nitrogens with zero attached hydrogens (tertiary/aromatic N) is 2. The monoisotopic (exact) mass is 234 g/mol. The van der Waals surface area contributed by atoms with Gasteiger partial charge in [-0.25, -0.2) is 4.79 Å². The lowest BCUT2D eigenvalue weighted by Crippen LogP contribution is -2.11. The van der Waals surface area contributed by atoms with Crippen molar-refractivity contribution in [2.45, 2.75) is 0 Å². The lowest BCUT2D eigenvalue weighted by Gasteiger charge is -2.05. The SMILES string of the molecule is COC(=O)c1cccnc1C(=O)C=CN(C)C. The first kappa shape index (κ1) is 12.9. The Morgan fingerprint density at radius 2 is 2.12 bits per heavy atom. The summed E-state index contributed by atoms with van der Waals surface area (Å²) in [4.78, 5) is 28.9. The maximum atomic E-state index is 11.8. The second-order valence-electron chi connectivity index (χ2n) is 3.53. The third kappa shape index (κ3) is 3.41. The van der Waals surface area contributed by atoms with E-state index in [2.05, 4.69) is 9.72 Å². The summed E-state index contributed by atoms with van der Waals surface area (Å²) in [6.45, 7) is 0. The van der Waals surface area contributed by atoms with Crippen LogP contribution >= 0.6 is 0 Å². The quantitative estimate of drug-likeness (QED) is 0.444. The number of aromatic nitrogens is 1. The number of esters is 1. The number of allylic oxidation sites excluding steroid dienone is 1. The highest BCUT2D eigenvalue weighted by Gasteiger charge is 2.16. The van der Waals surface area contributed by atoms with Gasteiger partial charge in [0, 0.05) is 32.6 Å². The third-order valence-corrected chi connectivity index (χ3v) is 1.97. The van der Waals surface area contributed by atoms with E-state index in [0.717, 1.165) is 0 Å². The van der Waals surface area contributed by atoms with E-state index in [1.165, 1.54) is 25.4 Å². The van der Waals surface area contributed by atoms with E-state index in [-0.39, 0.29) is 17.0 Å². The predicted molar refractivity (Wildman–Crippen MR) is 62.7 cm³/mol. The maximum Gasteiger partial charge on any atom is 0.340 e. The molecule has 0 radical (unpaired) electrons. The molecule has 0 amide bonds. The molecule has 0 saturated carbocycles. The van der Waals surface area contributed by atoms with Gasteiger partial charge in [0.05, 0.1) is 12.7 Å². The summed E-state index contributed by atoms with van der Waals surface area (Å²) in [6, 6.07) is 3.09. The molecular weight excluding hydrogens is 220 g/mol. The van der Waals surface area contributed by atoms with Crippen molar-refractivity contribution >= 4 is 11.8 Å². The van der Waals surface area contributed by atoms with Gasteiger partial charge in [-0.2, -0.15) is 0 Å². The molecule has 0 aliphatic heterocycles. The molecule has 90 valence electrons. The molecule has 0 aliphatic carbocycles. The molecule has 1 aromatic heterocycles. The molecule has 0 aromatic carbocycles. The first-order chi connectivity index (χ1) is 8.06. The molecule has 0 saturated heterocycles. The van der Waals surface area contributed by atoms with E-state index in [4.69, 9.17) is 0 Å². The van der Waals surface area contributed by atoms with Crippen molar-refractivity contribution in [2.75, 3.05) is 21.2 Å². The van der Waals surface area contributed by atoms with Crippen LogP contribution in [0, 0.1) is 0 Å². The standard InChI is InChI=1S/C12H14N2O3/c1-14(2)8-6-10(15)11-9(12(16)17-3)5-4-7-13-11/h4-8H,1-3H3. The molecule has 17 heavy (non-hydrogen) atoms. The van der Waals surface area contributed by atoms with E-state index in [0.29, 0.717) is 0 Å². The van der Waals surface area contributed by atoms with E-state index in [1.54, 1.807) is 31.3 Å². The molecule has 0 bridgehead atoms. The largest absolute Gasteiger partial charge is 0.465 e. The average molecular weight is 234 g/mol. The fourth-order valence-electron chi connectivity index (χ4n) is 1.17. The summed E-state index contributed by atoms with van der Waals surface area (Å²) in [7, 11) is 4.85. The minimum Gasteiger partial charge on any atom is -0.465 e. The third-order valence-electron chi connectivity index (χ3n) is 1.97. The summed E-state index contributed by atoms with van der Waals surface area (Å²) >= 11 is 0. The van der Waals surface area contributed by atoms with Crippen molar-refractivity contribution in [1.82, 2.24) is 9.88 Å². The number of ether oxygens (including phenoxy) is 1. The minimum atomic E-state index is -0.570. The number of carbonyl (C=O) groups excluding carboxylic acids is 2. The molecule has 1 aromatic rings. The van der Waals surface area contributed by atoms with Crippen LogP contribution in [0.3, 0.4) is 0 Å². The van der Waals surface area contributed by atoms with Gasteiger partial charge in [0.1, 0.15) is 5.69 Å². The van der Waals surface area contributed by atoms with Crippen LogP contribution in [-0.2, 0) is 4.74 Å². The van der Waals surface area contributed by atoms with Gasteiger partial charge in [0.25, 0.3) is 0 Å². The first-order valence-corrected chi connectivity index (χ1v) is 4.98. The Morgan fingerprint density at radius 1 is 1.41 bits per heavy atom. The van der Waals surface area contributed by atoms with Gasteiger partial charge in [0.15, 0.2) is 0 Å². The van der Waals surface area contributed by atoms with E-state index in [1.807, 2.05) is 0 Å². The summed E-state index contributed by atoms with van der Waals surface area (Å²) in [5, 5.41) is 0. The Bertz CT molecular complexity index is 453.